The summed E-state index contributed by atoms with van der Waals surface area (Å²) in [6.45, 7) is 2.76. The SMILES string of the molecule is COc1ccc([C@@H](C)NC(=O)CN2CCCC2=O)cc1. The predicted molar refractivity (Wildman–Crippen MR) is 75.4 cm³/mol. The van der Waals surface area contributed by atoms with Crippen LogP contribution in [-0.4, -0.2) is 36.9 Å². The van der Waals surface area contributed by atoms with E-state index in [-0.39, 0.29) is 24.4 Å². The maximum absolute atomic E-state index is 11.9. The summed E-state index contributed by atoms with van der Waals surface area (Å²) >= 11 is 0. The minimum absolute atomic E-state index is 0.0669. The molecule has 0 aliphatic carbocycles. The molecular formula is C15H20N2O3. The molecule has 1 aromatic carbocycles. The molecule has 0 bridgehead atoms. The van der Waals surface area contributed by atoms with Gasteiger partial charge in [-0.2, -0.15) is 0 Å². The molecule has 0 radical (unpaired) electrons. The first-order valence-electron chi connectivity index (χ1n) is 6.81. The molecule has 0 saturated carbocycles. The summed E-state index contributed by atoms with van der Waals surface area (Å²) in [5, 5.41) is 2.91. The standard InChI is InChI=1S/C15H20N2O3/c1-11(12-5-7-13(20-2)8-6-12)16-14(18)10-17-9-3-4-15(17)19/h5-8,11H,3-4,9-10H2,1-2H3,(H,16,18)/t11-/m1/s1. The molecule has 1 aromatic rings. The van der Waals surface area contributed by atoms with Gasteiger partial charge in [-0.05, 0) is 31.0 Å². The Hall–Kier alpha value is -2.04. The smallest absolute Gasteiger partial charge is 0.240 e. The lowest BCUT2D eigenvalue weighted by atomic mass is 10.1. The summed E-state index contributed by atoms with van der Waals surface area (Å²) < 4.78 is 5.10. The van der Waals surface area contributed by atoms with E-state index in [1.807, 2.05) is 31.2 Å². The third-order valence-electron chi connectivity index (χ3n) is 3.50. The van der Waals surface area contributed by atoms with Crippen LogP contribution < -0.4 is 10.1 Å². The van der Waals surface area contributed by atoms with E-state index in [0.29, 0.717) is 13.0 Å². The van der Waals surface area contributed by atoms with Gasteiger partial charge in [0, 0.05) is 13.0 Å². The number of hydrogen-bond donors (Lipinski definition) is 1. The zero-order valence-corrected chi connectivity index (χ0v) is 11.9. The third-order valence-corrected chi connectivity index (χ3v) is 3.50. The normalized spacial score (nSPS) is 16.1. The second-order valence-corrected chi connectivity index (χ2v) is 4.98. The summed E-state index contributed by atoms with van der Waals surface area (Å²) in [6.07, 6.45) is 1.40. The quantitative estimate of drug-likeness (QED) is 0.886. The number of hydrogen-bond acceptors (Lipinski definition) is 3. The lowest BCUT2D eigenvalue weighted by Gasteiger charge is -2.18. The Morgan fingerprint density at radius 2 is 2.10 bits per heavy atom. The zero-order valence-electron chi connectivity index (χ0n) is 11.9. The first-order valence-corrected chi connectivity index (χ1v) is 6.81. The molecule has 1 N–H and O–H groups in total. The molecule has 1 aliphatic rings. The van der Waals surface area contributed by atoms with Crippen molar-refractivity contribution in [2.24, 2.45) is 0 Å². The van der Waals surface area contributed by atoms with Crippen LogP contribution in [0.25, 0.3) is 0 Å². The molecule has 20 heavy (non-hydrogen) atoms. The van der Waals surface area contributed by atoms with Gasteiger partial charge in [-0.1, -0.05) is 12.1 Å². The van der Waals surface area contributed by atoms with Gasteiger partial charge in [-0.3, -0.25) is 9.59 Å². The molecule has 108 valence electrons. The van der Waals surface area contributed by atoms with Crippen molar-refractivity contribution in [3.8, 4) is 5.75 Å². The van der Waals surface area contributed by atoms with Gasteiger partial charge in [0.15, 0.2) is 0 Å². The van der Waals surface area contributed by atoms with E-state index in [9.17, 15) is 9.59 Å². The molecule has 0 spiro atoms. The van der Waals surface area contributed by atoms with E-state index in [4.69, 9.17) is 4.74 Å². The maximum Gasteiger partial charge on any atom is 0.240 e. The molecular weight excluding hydrogens is 256 g/mol. The number of carbonyl (C=O) groups is 2. The zero-order chi connectivity index (χ0) is 14.5. The van der Waals surface area contributed by atoms with E-state index < -0.39 is 0 Å². The van der Waals surface area contributed by atoms with Crippen LogP contribution in [0.4, 0.5) is 0 Å². The number of carbonyl (C=O) groups excluding carboxylic acids is 2. The van der Waals surface area contributed by atoms with E-state index >= 15 is 0 Å². The van der Waals surface area contributed by atoms with Gasteiger partial charge in [0.2, 0.25) is 11.8 Å². The average molecular weight is 276 g/mol. The topological polar surface area (TPSA) is 58.6 Å². The highest BCUT2D eigenvalue weighted by atomic mass is 16.5. The monoisotopic (exact) mass is 276 g/mol. The third kappa shape index (κ3) is 3.50. The minimum atomic E-state index is -0.122. The van der Waals surface area contributed by atoms with Crippen LogP contribution in [0.5, 0.6) is 5.75 Å². The van der Waals surface area contributed by atoms with E-state index in [1.54, 1.807) is 12.0 Å². The van der Waals surface area contributed by atoms with E-state index in [0.717, 1.165) is 17.7 Å². The second kappa shape index (κ2) is 6.41. The summed E-state index contributed by atoms with van der Waals surface area (Å²) in [7, 11) is 1.62. The summed E-state index contributed by atoms with van der Waals surface area (Å²) in [5.74, 6) is 0.732. The molecule has 0 aromatic heterocycles. The molecule has 2 rings (SSSR count). The largest absolute Gasteiger partial charge is 0.497 e. The first kappa shape index (κ1) is 14.4. The number of methoxy groups -OCH3 is 1. The van der Waals surface area contributed by atoms with Gasteiger partial charge >= 0.3 is 0 Å². The van der Waals surface area contributed by atoms with Crippen molar-refractivity contribution in [2.75, 3.05) is 20.2 Å². The fourth-order valence-electron chi connectivity index (χ4n) is 2.31. The number of benzene rings is 1. The molecule has 0 unspecified atom stereocenters. The molecule has 2 amide bonds. The van der Waals surface area contributed by atoms with Gasteiger partial charge in [0.1, 0.15) is 5.75 Å². The van der Waals surface area contributed by atoms with Crippen molar-refractivity contribution >= 4 is 11.8 Å². The van der Waals surface area contributed by atoms with Gasteiger partial charge in [0.25, 0.3) is 0 Å². The molecule has 1 atom stereocenters. The van der Waals surface area contributed by atoms with Crippen LogP contribution in [0.2, 0.25) is 0 Å². The van der Waals surface area contributed by atoms with Crippen molar-refractivity contribution in [3.63, 3.8) is 0 Å². The number of ether oxygens (including phenoxy) is 1. The molecule has 5 nitrogen and oxygen atoms in total. The predicted octanol–water partition coefficient (Wildman–Crippen LogP) is 1.49. The molecule has 5 heteroatoms. The number of nitrogens with zero attached hydrogens (tertiary/aromatic N) is 1. The summed E-state index contributed by atoms with van der Waals surface area (Å²) in [6, 6.07) is 7.48. The van der Waals surface area contributed by atoms with Crippen LogP contribution >= 0.6 is 0 Å². The summed E-state index contributed by atoms with van der Waals surface area (Å²) in [4.78, 5) is 25.0. The Kier molecular flexibility index (Phi) is 4.61. The van der Waals surface area contributed by atoms with Crippen molar-refractivity contribution in [1.29, 1.82) is 0 Å². The Morgan fingerprint density at radius 3 is 2.65 bits per heavy atom. The molecule has 1 fully saturated rings. The van der Waals surface area contributed by atoms with Crippen LogP contribution in [0.15, 0.2) is 24.3 Å². The van der Waals surface area contributed by atoms with Crippen LogP contribution in [0.1, 0.15) is 31.4 Å². The van der Waals surface area contributed by atoms with Gasteiger partial charge in [-0.25, -0.2) is 0 Å². The molecule has 1 aliphatic heterocycles. The number of amides is 2. The van der Waals surface area contributed by atoms with Crippen molar-refractivity contribution in [2.45, 2.75) is 25.8 Å². The van der Waals surface area contributed by atoms with Gasteiger partial charge in [0.05, 0.1) is 19.7 Å². The second-order valence-electron chi connectivity index (χ2n) is 4.98. The highest BCUT2D eigenvalue weighted by molar-refractivity contribution is 5.86. The van der Waals surface area contributed by atoms with E-state index in [2.05, 4.69) is 5.32 Å². The van der Waals surface area contributed by atoms with Crippen LogP contribution in [0.3, 0.4) is 0 Å². The van der Waals surface area contributed by atoms with Gasteiger partial charge in [-0.15, -0.1) is 0 Å². The van der Waals surface area contributed by atoms with E-state index in [1.165, 1.54) is 0 Å². The number of rotatable bonds is 5. The highest BCUT2D eigenvalue weighted by Crippen LogP contribution is 2.17. The fraction of sp³-hybridized carbons (Fsp3) is 0.467. The lowest BCUT2D eigenvalue weighted by Crippen LogP contribution is -2.38. The van der Waals surface area contributed by atoms with Crippen molar-refractivity contribution in [3.05, 3.63) is 29.8 Å². The minimum Gasteiger partial charge on any atom is -0.497 e. The summed E-state index contributed by atoms with van der Waals surface area (Å²) in [5.41, 5.74) is 1.01. The highest BCUT2D eigenvalue weighted by Gasteiger charge is 2.22. The Bertz CT molecular complexity index is 484. The average Bonchev–Trinajstić information content (AvgIpc) is 2.84. The Morgan fingerprint density at radius 1 is 1.40 bits per heavy atom. The fourth-order valence-corrected chi connectivity index (χ4v) is 2.31. The van der Waals surface area contributed by atoms with Crippen LogP contribution in [-0.2, 0) is 9.59 Å². The number of nitrogens with one attached hydrogen (secondary N) is 1. The van der Waals surface area contributed by atoms with Gasteiger partial charge < -0.3 is 15.0 Å². The molecule has 1 heterocycles. The Balaban J connectivity index is 1.87. The van der Waals surface area contributed by atoms with Crippen molar-refractivity contribution < 1.29 is 14.3 Å². The number of likely N-dealkylation sites (tertiary alicyclic amines) is 1. The van der Waals surface area contributed by atoms with Crippen molar-refractivity contribution in [1.82, 2.24) is 10.2 Å². The first-order chi connectivity index (χ1) is 9.60. The molecule has 1 saturated heterocycles. The lowest BCUT2D eigenvalue weighted by molar-refractivity contribution is -0.133. The van der Waals surface area contributed by atoms with Crippen LogP contribution in [0, 0.1) is 0 Å². The Labute approximate surface area is 118 Å². The maximum atomic E-state index is 11.9.